The van der Waals surface area contributed by atoms with Gasteiger partial charge in [0.25, 0.3) is 0 Å². The van der Waals surface area contributed by atoms with Gasteiger partial charge in [-0.05, 0) is 37.6 Å². The lowest BCUT2D eigenvalue weighted by Crippen LogP contribution is -2.18. The molecule has 0 unspecified atom stereocenters. The monoisotopic (exact) mass is 321 g/mol. The average Bonchev–Trinajstić information content (AvgIpc) is 3.03. The first-order valence-electron chi connectivity index (χ1n) is 6.46. The van der Waals surface area contributed by atoms with Gasteiger partial charge in [0.15, 0.2) is 0 Å². The van der Waals surface area contributed by atoms with E-state index in [4.69, 9.17) is 10.3 Å². The fourth-order valence-electron chi connectivity index (χ4n) is 2.44. The second-order valence-corrected chi connectivity index (χ2v) is 5.76. The first-order valence-corrected chi connectivity index (χ1v) is 7.25. The summed E-state index contributed by atoms with van der Waals surface area (Å²) in [5.74, 6) is 0.340. The van der Waals surface area contributed by atoms with E-state index in [1.807, 2.05) is 0 Å². The van der Waals surface area contributed by atoms with E-state index in [0.29, 0.717) is 5.88 Å². The van der Waals surface area contributed by atoms with Crippen molar-refractivity contribution in [2.24, 2.45) is 0 Å². The van der Waals surface area contributed by atoms with Crippen molar-refractivity contribution in [1.82, 2.24) is 10.1 Å². The summed E-state index contributed by atoms with van der Waals surface area (Å²) in [7, 11) is 0. The minimum Gasteiger partial charge on any atom is -0.368 e. The molecular weight excluding hydrogens is 306 g/mol. The van der Waals surface area contributed by atoms with Crippen molar-refractivity contribution in [2.45, 2.75) is 19.4 Å². The molecule has 1 aromatic carbocycles. The standard InChI is InChI=1S/C14H16BrN3O/c15-12-7-10(13-8-14(16)19-17-13)3-4-11(12)9-18-5-1-2-6-18/h3-4,7-8H,1-2,5-6,9,16H2. The summed E-state index contributed by atoms with van der Waals surface area (Å²) >= 11 is 3.64. The second-order valence-electron chi connectivity index (χ2n) is 4.90. The smallest absolute Gasteiger partial charge is 0.222 e. The van der Waals surface area contributed by atoms with Crippen molar-refractivity contribution in [3.63, 3.8) is 0 Å². The molecule has 0 bridgehead atoms. The van der Waals surface area contributed by atoms with E-state index >= 15 is 0 Å². The maximum Gasteiger partial charge on any atom is 0.222 e. The number of halogens is 1. The van der Waals surface area contributed by atoms with Gasteiger partial charge >= 0.3 is 0 Å². The highest BCUT2D eigenvalue weighted by Crippen LogP contribution is 2.27. The minimum atomic E-state index is 0.340. The van der Waals surface area contributed by atoms with Crippen molar-refractivity contribution in [1.29, 1.82) is 0 Å². The van der Waals surface area contributed by atoms with Gasteiger partial charge in [-0.1, -0.05) is 33.2 Å². The molecule has 0 saturated carbocycles. The van der Waals surface area contributed by atoms with E-state index in [-0.39, 0.29) is 0 Å². The molecule has 0 spiro atoms. The number of hydrogen-bond donors (Lipinski definition) is 1. The predicted octanol–water partition coefficient (Wildman–Crippen LogP) is 3.28. The first kappa shape index (κ1) is 12.7. The van der Waals surface area contributed by atoms with Crippen LogP contribution in [0.3, 0.4) is 0 Å². The zero-order chi connectivity index (χ0) is 13.2. The van der Waals surface area contributed by atoms with Crippen LogP contribution in [-0.2, 0) is 6.54 Å². The molecule has 1 fully saturated rings. The number of nitrogens with two attached hydrogens (primary N) is 1. The Bertz CT molecular complexity index is 576. The van der Waals surface area contributed by atoms with Crippen LogP contribution >= 0.6 is 15.9 Å². The number of rotatable bonds is 3. The fraction of sp³-hybridized carbons (Fsp3) is 0.357. The number of nitrogens with zero attached hydrogens (tertiary/aromatic N) is 2. The molecule has 1 aliphatic heterocycles. The number of benzene rings is 1. The van der Waals surface area contributed by atoms with Gasteiger partial charge in [-0.3, -0.25) is 4.90 Å². The van der Waals surface area contributed by atoms with Gasteiger partial charge < -0.3 is 10.3 Å². The molecule has 0 amide bonds. The number of hydrogen-bond acceptors (Lipinski definition) is 4. The van der Waals surface area contributed by atoms with Crippen LogP contribution in [0.4, 0.5) is 5.88 Å². The molecule has 2 N–H and O–H groups in total. The second kappa shape index (κ2) is 5.35. The van der Waals surface area contributed by atoms with Gasteiger partial charge in [-0.25, -0.2) is 0 Å². The third-order valence-electron chi connectivity index (χ3n) is 3.47. The van der Waals surface area contributed by atoms with Crippen LogP contribution in [0.1, 0.15) is 18.4 Å². The quantitative estimate of drug-likeness (QED) is 0.942. The molecule has 5 heteroatoms. The van der Waals surface area contributed by atoms with Crippen molar-refractivity contribution >= 4 is 21.8 Å². The van der Waals surface area contributed by atoms with Gasteiger partial charge in [-0.2, -0.15) is 0 Å². The molecule has 0 aliphatic carbocycles. The van der Waals surface area contributed by atoms with Gasteiger partial charge in [-0.15, -0.1) is 0 Å². The first-order chi connectivity index (χ1) is 9.22. The zero-order valence-electron chi connectivity index (χ0n) is 10.6. The van der Waals surface area contributed by atoms with E-state index < -0.39 is 0 Å². The van der Waals surface area contributed by atoms with Crippen molar-refractivity contribution in [3.05, 3.63) is 34.3 Å². The SMILES string of the molecule is Nc1cc(-c2ccc(CN3CCCC3)c(Br)c2)no1. The lowest BCUT2D eigenvalue weighted by Gasteiger charge is -2.16. The van der Waals surface area contributed by atoms with Crippen LogP contribution in [0.15, 0.2) is 33.3 Å². The molecule has 2 heterocycles. The van der Waals surface area contributed by atoms with Crippen LogP contribution in [-0.4, -0.2) is 23.1 Å². The summed E-state index contributed by atoms with van der Waals surface area (Å²) in [6.45, 7) is 3.41. The van der Waals surface area contributed by atoms with Crippen LogP contribution in [0.5, 0.6) is 0 Å². The Labute approximate surface area is 120 Å². The Morgan fingerprint density at radius 1 is 1.26 bits per heavy atom. The minimum absolute atomic E-state index is 0.340. The largest absolute Gasteiger partial charge is 0.368 e. The Balaban J connectivity index is 1.81. The Kier molecular flexibility index (Phi) is 3.57. The Hall–Kier alpha value is -1.33. The van der Waals surface area contributed by atoms with Crippen LogP contribution in [0.25, 0.3) is 11.3 Å². The van der Waals surface area contributed by atoms with Gasteiger partial charge in [0, 0.05) is 22.6 Å². The Morgan fingerprint density at radius 3 is 2.68 bits per heavy atom. The summed E-state index contributed by atoms with van der Waals surface area (Å²) in [6.07, 6.45) is 2.63. The highest BCUT2D eigenvalue weighted by Gasteiger charge is 2.14. The average molecular weight is 322 g/mol. The van der Waals surface area contributed by atoms with Crippen LogP contribution in [0.2, 0.25) is 0 Å². The van der Waals surface area contributed by atoms with E-state index in [9.17, 15) is 0 Å². The summed E-state index contributed by atoms with van der Waals surface area (Å²) in [5.41, 5.74) is 8.63. The van der Waals surface area contributed by atoms with Crippen molar-refractivity contribution in [2.75, 3.05) is 18.8 Å². The predicted molar refractivity (Wildman–Crippen MR) is 78.6 cm³/mol. The summed E-state index contributed by atoms with van der Waals surface area (Å²) in [6, 6.07) is 8.01. The molecule has 1 saturated heterocycles. The molecule has 100 valence electrons. The number of anilines is 1. The van der Waals surface area contributed by atoms with Gasteiger partial charge in [0.2, 0.25) is 5.88 Å². The van der Waals surface area contributed by atoms with Crippen LogP contribution < -0.4 is 5.73 Å². The number of aromatic nitrogens is 1. The molecule has 0 radical (unpaired) electrons. The topological polar surface area (TPSA) is 55.3 Å². The molecular formula is C14H16BrN3O. The van der Waals surface area contributed by atoms with Gasteiger partial charge in [0.1, 0.15) is 5.69 Å². The zero-order valence-corrected chi connectivity index (χ0v) is 12.2. The fourth-order valence-corrected chi connectivity index (χ4v) is 2.95. The normalized spacial score (nSPS) is 16.1. The van der Waals surface area contributed by atoms with E-state index in [1.54, 1.807) is 6.07 Å². The lowest BCUT2D eigenvalue weighted by atomic mass is 10.1. The van der Waals surface area contributed by atoms with E-state index in [2.05, 4.69) is 44.2 Å². The number of likely N-dealkylation sites (tertiary alicyclic amines) is 1. The lowest BCUT2D eigenvalue weighted by molar-refractivity contribution is 0.331. The number of nitrogen functional groups attached to an aromatic ring is 1. The summed E-state index contributed by atoms with van der Waals surface area (Å²) in [5, 5.41) is 3.93. The molecule has 1 aromatic heterocycles. The molecule has 0 atom stereocenters. The third kappa shape index (κ3) is 2.82. The maximum absolute atomic E-state index is 5.55. The van der Waals surface area contributed by atoms with Gasteiger partial charge in [0.05, 0.1) is 0 Å². The molecule has 3 rings (SSSR count). The highest BCUT2D eigenvalue weighted by molar-refractivity contribution is 9.10. The third-order valence-corrected chi connectivity index (χ3v) is 4.21. The molecule has 19 heavy (non-hydrogen) atoms. The Morgan fingerprint density at radius 2 is 2.05 bits per heavy atom. The van der Waals surface area contributed by atoms with Crippen molar-refractivity contribution in [3.8, 4) is 11.3 Å². The molecule has 4 nitrogen and oxygen atoms in total. The summed E-state index contributed by atoms with van der Waals surface area (Å²) < 4.78 is 6.01. The maximum atomic E-state index is 5.55. The highest BCUT2D eigenvalue weighted by atomic mass is 79.9. The van der Waals surface area contributed by atoms with E-state index in [1.165, 1.54) is 31.5 Å². The summed E-state index contributed by atoms with van der Waals surface area (Å²) in [4.78, 5) is 2.48. The molecule has 2 aromatic rings. The molecule has 1 aliphatic rings. The van der Waals surface area contributed by atoms with Crippen molar-refractivity contribution < 1.29 is 4.52 Å². The van der Waals surface area contributed by atoms with E-state index in [0.717, 1.165) is 22.3 Å². The van der Waals surface area contributed by atoms with Crippen LogP contribution in [0, 0.1) is 0 Å².